The molecule has 4 bridgehead atoms. The van der Waals surface area contributed by atoms with Gasteiger partial charge in [0, 0.05) is 31.2 Å². The summed E-state index contributed by atoms with van der Waals surface area (Å²) in [5.74, 6) is 2.79. The van der Waals surface area contributed by atoms with Crippen molar-refractivity contribution >= 4 is 16.1 Å². The number of nitrogens with two attached hydrogens (primary N) is 1. The Morgan fingerprint density at radius 2 is 1.76 bits per heavy atom. The van der Waals surface area contributed by atoms with Gasteiger partial charge in [-0.05, 0) is 62.2 Å². The fourth-order valence-electron chi connectivity index (χ4n) is 5.97. The highest BCUT2D eigenvalue weighted by molar-refractivity contribution is 7.88. The molecular weight excluding hydrogens is 340 g/mol. The molecule has 1 heterocycles. The van der Waals surface area contributed by atoms with Crippen LogP contribution >= 0.6 is 0 Å². The molecule has 4 aliphatic carbocycles. The third-order valence-corrected chi connectivity index (χ3v) is 8.44. The largest absolute Gasteiger partial charge is 0.336 e. The van der Waals surface area contributed by atoms with E-state index in [-0.39, 0.29) is 17.6 Å². The molecule has 0 aromatic heterocycles. The van der Waals surface area contributed by atoms with Crippen LogP contribution in [0.2, 0.25) is 0 Å². The topological polar surface area (TPSA) is 105 Å². The molecule has 2 amide bonds. The average Bonchev–Trinajstić information content (AvgIpc) is 2.99. The molecule has 5 rings (SSSR count). The highest BCUT2D eigenvalue weighted by Gasteiger charge is 2.55. The zero-order chi connectivity index (χ0) is 17.8. The molecule has 1 unspecified atom stereocenters. The summed E-state index contributed by atoms with van der Waals surface area (Å²) in [5, 5.41) is 5.90. The SMILES string of the molecule is CS(=O)(=O)N1CCC(NC(=O)NCC2(N)C3CC4CC(C3)CC2C4)C1. The second-order valence-electron chi connectivity index (χ2n) is 8.85. The van der Waals surface area contributed by atoms with E-state index in [1.807, 2.05) is 0 Å². The van der Waals surface area contributed by atoms with E-state index in [1.54, 1.807) is 0 Å². The van der Waals surface area contributed by atoms with Gasteiger partial charge in [0.1, 0.15) is 0 Å². The van der Waals surface area contributed by atoms with Crippen LogP contribution in [0.15, 0.2) is 0 Å². The maximum absolute atomic E-state index is 12.3. The molecule has 25 heavy (non-hydrogen) atoms. The smallest absolute Gasteiger partial charge is 0.315 e. The number of nitrogens with one attached hydrogen (secondary N) is 2. The van der Waals surface area contributed by atoms with Gasteiger partial charge in [0.2, 0.25) is 10.0 Å². The number of nitrogens with zero attached hydrogens (tertiary/aromatic N) is 1. The van der Waals surface area contributed by atoms with Crippen LogP contribution in [0, 0.1) is 23.7 Å². The molecule has 1 aliphatic heterocycles. The zero-order valence-electron chi connectivity index (χ0n) is 14.9. The highest BCUT2D eigenvalue weighted by Crippen LogP contribution is 2.57. The van der Waals surface area contributed by atoms with E-state index in [0.29, 0.717) is 37.9 Å². The summed E-state index contributed by atoms with van der Waals surface area (Å²) < 4.78 is 24.5. The van der Waals surface area contributed by atoms with Gasteiger partial charge in [-0.3, -0.25) is 0 Å². The molecule has 0 aromatic rings. The summed E-state index contributed by atoms with van der Waals surface area (Å²) in [7, 11) is -3.18. The Balaban J connectivity index is 1.29. The van der Waals surface area contributed by atoms with E-state index in [4.69, 9.17) is 5.73 Å². The first-order valence-electron chi connectivity index (χ1n) is 9.52. The van der Waals surface area contributed by atoms with E-state index in [0.717, 1.165) is 11.8 Å². The molecule has 8 heteroatoms. The van der Waals surface area contributed by atoms with Crippen molar-refractivity contribution in [1.82, 2.24) is 14.9 Å². The van der Waals surface area contributed by atoms with Gasteiger partial charge in [0.25, 0.3) is 0 Å². The summed E-state index contributed by atoms with van der Waals surface area (Å²) >= 11 is 0. The summed E-state index contributed by atoms with van der Waals surface area (Å²) in [4.78, 5) is 12.3. The molecule has 4 saturated carbocycles. The molecule has 4 N–H and O–H groups in total. The Labute approximate surface area is 150 Å². The number of hydrogen-bond donors (Lipinski definition) is 3. The zero-order valence-corrected chi connectivity index (χ0v) is 15.7. The van der Waals surface area contributed by atoms with Crippen LogP contribution in [-0.4, -0.2) is 56.2 Å². The third-order valence-electron chi connectivity index (χ3n) is 7.17. The average molecular weight is 371 g/mol. The van der Waals surface area contributed by atoms with Gasteiger partial charge >= 0.3 is 6.03 Å². The highest BCUT2D eigenvalue weighted by atomic mass is 32.2. The number of carbonyl (C=O) groups is 1. The van der Waals surface area contributed by atoms with Crippen molar-refractivity contribution in [2.75, 3.05) is 25.9 Å². The summed E-state index contributed by atoms with van der Waals surface area (Å²) in [6.07, 6.45) is 8.13. The molecule has 0 radical (unpaired) electrons. The van der Waals surface area contributed by atoms with Crippen molar-refractivity contribution in [2.45, 2.75) is 50.1 Å². The minimum atomic E-state index is -3.18. The van der Waals surface area contributed by atoms with Gasteiger partial charge < -0.3 is 16.4 Å². The number of sulfonamides is 1. The fourth-order valence-corrected chi connectivity index (χ4v) is 6.86. The van der Waals surface area contributed by atoms with Gasteiger partial charge in [0.15, 0.2) is 0 Å². The molecule has 142 valence electrons. The molecule has 0 spiro atoms. The minimum absolute atomic E-state index is 0.123. The number of urea groups is 1. The van der Waals surface area contributed by atoms with Crippen LogP contribution in [0.25, 0.3) is 0 Å². The first kappa shape index (κ1) is 17.5. The van der Waals surface area contributed by atoms with Crippen LogP contribution in [0.1, 0.15) is 38.5 Å². The van der Waals surface area contributed by atoms with Gasteiger partial charge in [-0.2, -0.15) is 0 Å². The van der Waals surface area contributed by atoms with E-state index < -0.39 is 10.0 Å². The van der Waals surface area contributed by atoms with E-state index in [2.05, 4.69) is 10.6 Å². The van der Waals surface area contributed by atoms with Crippen molar-refractivity contribution in [3.8, 4) is 0 Å². The lowest BCUT2D eigenvalue weighted by Crippen LogP contribution is -2.67. The predicted molar refractivity (Wildman–Crippen MR) is 95.3 cm³/mol. The second-order valence-corrected chi connectivity index (χ2v) is 10.8. The quantitative estimate of drug-likeness (QED) is 0.669. The van der Waals surface area contributed by atoms with E-state index in [9.17, 15) is 13.2 Å². The van der Waals surface area contributed by atoms with Crippen LogP contribution < -0.4 is 16.4 Å². The van der Waals surface area contributed by atoms with Crippen molar-refractivity contribution < 1.29 is 13.2 Å². The van der Waals surface area contributed by atoms with E-state index in [1.165, 1.54) is 42.7 Å². The normalized spacial score (nSPS) is 43.4. The first-order valence-corrected chi connectivity index (χ1v) is 11.4. The minimum Gasteiger partial charge on any atom is -0.336 e. The van der Waals surface area contributed by atoms with Crippen molar-refractivity contribution in [3.63, 3.8) is 0 Å². The predicted octanol–water partition coefficient (Wildman–Crippen LogP) is 0.473. The fraction of sp³-hybridized carbons (Fsp3) is 0.941. The van der Waals surface area contributed by atoms with Crippen LogP contribution in [-0.2, 0) is 10.0 Å². The summed E-state index contributed by atoms with van der Waals surface area (Å²) in [6.45, 7) is 1.35. The molecule has 7 nitrogen and oxygen atoms in total. The van der Waals surface area contributed by atoms with Crippen molar-refractivity contribution in [3.05, 3.63) is 0 Å². The Hall–Kier alpha value is -0.860. The Morgan fingerprint density at radius 1 is 1.16 bits per heavy atom. The van der Waals surface area contributed by atoms with Crippen LogP contribution in [0.3, 0.4) is 0 Å². The number of rotatable bonds is 4. The standard InChI is InChI=1S/C17H30N4O3S/c1-25(23,24)21-3-2-15(9-21)20-16(22)19-10-17(18)13-5-11-4-12(7-13)8-14(17)6-11/h11-15H,2-10,18H2,1H3,(H2,19,20,22). The van der Waals surface area contributed by atoms with Crippen LogP contribution in [0.5, 0.6) is 0 Å². The number of amides is 2. The maximum Gasteiger partial charge on any atom is 0.315 e. The van der Waals surface area contributed by atoms with Crippen LogP contribution in [0.4, 0.5) is 4.79 Å². The summed E-state index contributed by atoms with van der Waals surface area (Å²) in [6, 6.07) is -0.346. The molecule has 5 aliphatic rings. The van der Waals surface area contributed by atoms with Gasteiger partial charge in [-0.1, -0.05) is 0 Å². The number of hydrogen-bond acceptors (Lipinski definition) is 4. The Kier molecular flexibility index (Phi) is 4.28. The first-order chi connectivity index (χ1) is 11.7. The molecule has 5 fully saturated rings. The van der Waals surface area contributed by atoms with Gasteiger partial charge in [-0.15, -0.1) is 0 Å². The Morgan fingerprint density at radius 3 is 2.28 bits per heavy atom. The molecule has 1 atom stereocenters. The van der Waals surface area contributed by atoms with Crippen molar-refractivity contribution in [2.24, 2.45) is 29.4 Å². The lowest BCUT2D eigenvalue weighted by atomic mass is 9.49. The summed E-state index contributed by atoms with van der Waals surface area (Å²) in [5.41, 5.74) is 6.53. The number of carbonyl (C=O) groups excluding carboxylic acids is 1. The lowest BCUT2D eigenvalue weighted by Gasteiger charge is -2.59. The monoisotopic (exact) mass is 370 g/mol. The Bertz CT molecular complexity index is 622. The van der Waals surface area contributed by atoms with Gasteiger partial charge in [0.05, 0.1) is 6.26 Å². The maximum atomic E-state index is 12.3. The molecule has 1 saturated heterocycles. The molecule has 0 aromatic carbocycles. The second kappa shape index (κ2) is 6.09. The molecular formula is C17H30N4O3S. The third kappa shape index (κ3) is 3.28. The van der Waals surface area contributed by atoms with Gasteiger partial charge in [-0.25, -0.2) is 17.5 Å². The van der Waals surface area contributed by atoms with Crippen molar-refractivity contribution in [1.29, 1.82) is 0 Å². The van der Waals surface area contributed by atoms with E-state index >= 15 is 0 Å². The lowest BCUT2D eigenvalue weighted by molar-refractivity contribution is -0.0529.